The van der Waals surface area contributed by atoms with E-state index in [1.807, 2.05) is 6.07 Å². The van der Waals surface area contributed by atoms with Gasteiger partial charge in [0.15, 0.2) is 0 Å². The second-order valence-corrected chi connectivity index (χ2v) is 5.47. The number of para-hydroxylation sites is 1. The van der Waals surface area contributed by atoms with Crippen molar-refractivity contribution in [3.63, 3.8) is 0 Å². The molecule has 1 aromatic carbocycles. The smallest absolute Gasteiger partial charge is 0.292 e. The van der Waals surface area contributed by atoms with Crippen LogP contribution in [0.25, 0.3) is 0 Å². The summed E-state index contributed by atoms with van der Waals surface area (Å²) in [5.41, 5.74) is 1.74. The predicted octanol–water partition coefficient (Wildman–Crippen LogP) is 2.00. The van der Waals surface area contributed by atoms with Gasteiger partial charge in [-0.1, -0.05) is 12.1 Å². The van der Waals surface area contributed by atoms with E-state index in [0.29, 0.717) is 17.9 Å². The number of hydrogen-bond donors (Lipinski definition) is 1. The number of likely N-dealkylation sites (tertiary alicyclic amines) is 1. The van der Waals surface area contributed by atoms with Crippen molar-refractivity contribution in [2.45, 2.75) is 31.6 Å². The Morgan fingerprint density at radius 1 is 1.40 bits per heavy atom. The zero-order chi connectivity index (χ0) is 14.1. The first-order valence-corrected chi connectivity index (χ1v) is 6.99. The molecule has 0 aliphatic carbocycles. The zero-order valence-corrected chi connectivity index (χ0v) is 11.5. The molecule has 1 N–H and O–H groups in total. The molecule has 0 spiro atoms. The van der Waals surface area contributed by atoms with Gasteiger partial charge in [-0.15, -0.1) is 0 Å². The predicted molar refractivity (Wildman–Crippen MR) is 75.8 cm³/mol. The van der Waals surface area contributed by atoms with Crippen molar-refractivity contribution in [3.8, 4) is 0 Å². The molecule has 3 rings (SSSR count). The Kier molecular flexibility index (Phi) is 3.58. The summed E-state index contributed by atoms with van der Waals surface area (Å²) in [5.74, 6) is 0. The first-order valence-electron chi connectivity index (χ1n) is 6.99. The SMILES string of the molecule is CNc1c(CN2CC3CCC(C2)O3)cccc1[N+](=O)[O-]. The fourth-order valence-corrected chi connectivity index (χ4v) is 3.23. The second kappa shape index (κ2) is 5.38. The third-order valence-corrected chi connectivity index (χ3v) is 4.09. The third kappa shape index (κ3) is 2.48. The number of fused-ring (bicyclic) bond motifs is 2. The first kappa shape index (κ1) is 13.3. The van der Waals surface area contributed by atoms with Gasteiger partial charge < -0.3 is 10.1 Å². The molecule has 2 aliphatic heterocycles. The van der Waals surface area contributed by atoms with E-state index in [0.717, 1.165) is 38.0 Å². The van der Waals surface area contributed by atoms with Crippen LogP contribution in [-0.2, 0) is 11.3 Å². The summed E-state index contributed by atoms with van der Waals surface area (Å²) < 4.78 is 5.82. The highest BCUT2D eigenvalue weighted by Gasteiger charge is 2.34. The van der Waals surface area contributed by atoms with Crippen LogP contribution in [-0.4, -0.2) is 42.2 Å². The number of benzene rings is 1. The van der Waals surface area contributed by atoms with Crippen LogP contribution in [0.3, 0.4) is 0 Å². The van der Waals surface area contributed by atoms with Gasteiger partial charge in [0.2, 0.25) is 0 Å². The molecule has 2 aliphatic rings. The van der Waals surface area contributed by atoms with Crippen molar-refractivity contribution < 1.29 is 9.66 Å². The van der Waals surface area contributed by atoms with E-state index in [-0.39, 0.29) is 10.6 Å². The molecule has 0 radical (unpaired) electrons. The largest absolute Gasteiger partial charge is 0.382 e. The second-order valence-electron chi connectivity index (χ2n) is 5.47. The minimum atomic E-state index is -0.335. The van der Waals surface area contributed by atoms with Gasteiger partial charge in [-0.3, -0.25) is 15.0 Å². The van der Waals surface area contributed by atoms with Crippen molar-refractivity contribution in [2.75, 3.05) is 25.5 Å². The molecule has 20 heavy (non-hydrogen) atoms. The highest BCUT2D eigenvalue weighted by molar-refractivity contribution is 5.66. The Balaban J connectivity index is 1.80. The molecule has 6 heteroatoms. The number of nitro groups is 1. The quantitative estimate of drug-likeness (QED) is 0.673. The topological polar surface area (TPSA) is 67.6 Å². The Morgan fingerprint density at radius 2 is 2.10 bits per heavy atom. The minimum Gasteiger partial charge on any atom is -0.382 e. The Bertz CT molecular complexity index is 508. The van der Waals surface area contributed by atoms with Gasteiger partial charge in [0.1, 0.15) is 5.69 Å². The van der Waals surface area contributed by atoms with Gasteiger partial charge in [-0.25, -0.2) is 0 Å². The third-order valence-electron chi connectivity index (χ3n) is 4.09. The van der Waals surface area contributed by atoms with Gasteiger partial charge in [-0.05, 0) is 18.4 Å². The normalized spacial score (nSPS) is 25.6. The molecular weight excluding hydrogens is 258 g/mol. The number of ether oxygens (including phenoxy) is 1. The molecule has 6 nitrogen and oxygen atoms in total. The van der Waals surface area contributed by atoms with Gasteiger partial charge in [0.25, 0.3) is 5.69 Å². The maximum Gasteiger partial charge on any atom is 0.292 e. The van der Waals surface area contributed by atoms with E-state index in [2.05, 4.69) is 10.2 Å². The lowest BCUT2D eigenvalue weighted by Gasteiger charge is -2.32. The van der Waals surface area contributed by atoms with E-state index in [1.54, 1.807) is 19.2 Å². The molecule has 0 saturated carbocycles. The van der Waals surface area contributed by atoms with Gasteiger partial charge in [-0.2, -0.15) is 0 Å². The van der Waals surface area contributed by atoms with Crippen LogP contribution in [0, 0.1) is 10.1 Å². The van der Waals surface area contributed by atoms with Crippen molar-refractivity contribution in [3.05, 3.63) is 33.9 Å². The molecular formula is C14H19N3O3. The number of morpholine rings is 1. The number of anilines is 1. The number of nitrogens with zero attached hydrogens (tertiary/aromatic N) is 2. The molecule has 2 unspecified atom stereocenters. The van der Waals surface area contributed by atoms with Crippen LogP contribution in [0.15, 0.2) is 18.2 Å². The van der Waals surface area contributed by atoms with E-state index in [1.165, 1.54) is 0 Å². The Morgan fingerprint density at radius 3 is 2.70 bits per heavy atom. The molecule has 2 atom stereocenters. The van der Waals surface area contributed by atoms with Crippen LogP contribution in [0.4, 0.5) is 11.4 Å². The van der Waals surface area contributed by atoms with Crippen LogP contribution < -0.4 is 5.32 Å². The fourth-order valence-electron chi connectivity index (χ4n) is 3.23. The van der Waals surface area contributed by atoms with Gasteiger partial charge in [0.05, 0.1) is 17.1 Å². The molecule has 108 valence electrons. The molecule has 2 fully saturated rings. The zero-order valence-electron chi connectivity index (χ0n) is 11.5. The summed E-state index contributed by atoms with van der Waals surface area (Å²) in [7, 11) is 1.73. The molecule has 2 heterocycles. The minimum absolute atomic E-state index is 0.140. The van der Waals surface area contributed by atoms with E-state index >= 15 is 0 Å². The number of nitro benzene ring substituents is 1. The summed E-state index contributed by atoms with van der Waals surface area (Å²) in [6.45, 7) is 2.57. The maximum atomic E-state index is 11.1. The van der Waals surface area contributed by atoms with Crippen LogP contribution in [0.5, 0.6) is 0 Å². The van der Waals surface area contributed by atoms with E-state index in [4.69, 9.17) is 4.74 Å². The van der Waals surface area contributed by atoms with Crippen LogP contribution in [0.1, 0.15) is 18.4 Å². The van der Waals surface area contributed by atoms with Crippen LogP contribution >= 0.6 is 0 Å². The standard InChI is InChI=1S/C14H19N3O3/c1-15-14-10(3-2-4-13(14)17(18)19)7-16-8-11-5-6-12(9-16)20-11/h2-4,11-12,15H,5-9H2,1H3. The summed E-state index contributed by atoms with van der Waals surface area (Å²) in [5, 5.41) is 14.0. The lowest BCUT2D eigenvalue weighted by atomic mass is 10.1. The fraction of sp³-hybridized carbons (Fsp3) is 0.571. The van der Waals surface area contributed by atoms with Crippen molar-refractivity contribution in [2.24, 2.45) is 0 Å². The maximum absolute atomic E-state index is 11.1. The molecule has 2 saturated heterocycles. The van der Waals surface area contributed by atoms with Crippen LogP contribution in [0.2, 0.25) is 0 Å². The average molecular weight is 277 g/mol. The lowest BCUT2D eigenvalue weighted by Crippen LogP contribution is -2.42. The highest BCUT2D eigenvalue weighted by Crippen LogP contribution is 2.31. The lowest BCUT2D eigenvalue weighted by molar-refractivity contribution is -0.384. The molecule has 1 aromatic rings. The summed E-state index contributed by atoms with van der Waals surface area (Å²) >= 11 is 0. The Hall–Kier alpha value is -1.66. The van der Waals surface area contributed by atoms with Crippen molar-refractivity contribution in [1.29, 1.82) is 0 Å². The van der Waals surface area contributed by atoms with Crippen molar-refractivity contribution >= 4 is 11.4 Å². The summed E-state index contributed by atoms with van der Waals surface area (Å²) in [6.07, 6.45) is 2.94. The summed E-state index contributed by atoms with van der Waals surface area (Å²) in [6, 6.07) is 5.25. The van der Waals surface area contributed by atoms with E-state index in [9.17, 15) is 10.1 Å². The highest BCUT2D eigenvalue weighted by atomic mass is 16.6. The molecule has 0 amide bonds. The number of hydrogen-bond acceptors (Lipinski definition) is 5. The van der Waals surface area contributed by atoms with E-state index < -0.39 is 0 Å². The average Bonchev–Trinajstić information content (AvgIpc) is 2.77. The molecule has 0 aromatic heterocycles. The van der Waals surface area contributed by atoms with Crippen molar-refractivity contribution in [1.82, 2.24) is 4.90 Å². The summed E-state index contributed by atoms with van der Waals surface area (Å²) in [4.78, 5) is 13.1. The Labute approximate surface area is 117 Å². The number of nitrogens with one attached hydrogen (secondary N) is 1. The molecule has 2 bridgehead atoms. The number of rotatable bonds is 4. The monoisotopic (exact) mass is 277 g/mol. The first-order chi connectivity index (χ1) is 9.67. The van der Waals surface area contributed by atoms with Gasteiger partial charge in [0, 0.05) is 32.7 Å². The van der Waals surface area contributed by atoms with Gasteiger partial charge >= 0.3 is 0 Å².